The molecule has 2 rings (SSSR count). The Hall–Kier alpha value is -1.27. The lowest BCUT2D eigenvalue weighted by atomic mass is 10.1. The number of halogens is 2. The molecular weight excluding hydrogens is 277 g/mol. The molecule has 0 aliphatic carbocycles. The van der Waals surface area contributed by atoms with Crippen molar-refractivity contribution in [1.82, 2.24) is 15.0 Å². The number of aromatic nitrogens is 3. The molecule has 1 heterocycles. The molecule has 1 N–H and O–H groups in total. The van der Waals surface area contributed by atoms with Crippen LogP contribution in [0, 0.1) is 5.82 Å². The van der Waals surface area contributed by atoms with Crippen molar-refractivity contribution in [1.29, 1.82) is 0 Å². The van der Waals surface area contributed by atoms with Gasteiger partial charge in [-0.05, 0) is 33.6 Å². The van der Waals surface area contributed by atoms with Gasteiger partial charge in [0, 0.05) is 7.05 Å². The Labute approximate surface area is 99.8 Å². The van der Waals surface area contributed by atoms with Crippen molar-refractivity contribution in [2.24, 2.45) is 7.05 Å². The van der Waals surface area contributed by atoms with Gasteiger partial charge in [0.1, 0.15) is 17.6 Å². The molecule has 1 atom stereocenters. The van der Waals surface area contributed by atoms with Crippen LogP contribution in [0.3, 0.4) is 0 Å². The van der Waals surface area contributed by atoms with Gasteiger partial charge in [-0.15, -0.1) is 5.10 Å². The lowest BCUT2D eigenvalue weighted by Gasteiger charge is -2.11. The summed E-state index contributed by atoms with van der Waals surface area (Å²) in [5.74, 6) is -0.386. The van der Waals surface area contributed by atoms with E-state index in [1.807, 2.05) is 0 Å². The second-order valence-electron chi connectivity index (χ2n) is 3.35. The zero-order chi connectivity index (χ0) is 11.7. The molecule has 0 aliphatic rings. The van der Waals surface area contributed by atoms with Crippen LogP contribution in [0.1, 0.15) is 17.4 Å². The predicted molar refractivity (Wildman–Crippen MR) is 59.2 cm³/mol. The van der Waals surface area contributed by atoms with Crippen LogP contribution in [0.5, 0.6) is 0 Å². The Balaban J connectivity index is 2.43. The summed E-state index contributed by atoms with van der Waals surface area (Å²) in [6.07, 6.45) is -0.954. The van der Waals surface area contributed by atoms with E-state index in [1.54, 1.807) is 19.2 Å². The van der Waals surface area contributed by atoms with E-state index >= 15 is 0 Å². The Bertz CT molecular complexity index is 495. The van der Waals surface area contributed by atoms with Crippen molar-refractivity contribution in [3.05, 3.63) is 45.9 Å². The highest BCUT2D eigenvalue weighted by Crippen LogP contribution is 2.26. The Morgan fingerprint density at radius 1 is 1.50 bits per heavy atom. The summed E-state index contributed by atoms with van der Waals surface area (Å²) in [5.41, 5.74) is 0.955. The molecule has 1 unspecified atom stereocenters. The maximum Gasteiger partial charge on any atom is 0.154 e. The van der Waals surface area contributed by atoms with Gasteiger partial charge in [-0.1, -0.05) is 17.3 Å². The Morgan fingerprint density at radius 3 is 2.81 bits per heavy atom. The molecule has 1 aromatic heterocycles. The summed E-state index contributed by atoms with van der Waals surface area (Å²) in [5, 5.41) is 17.6. The van der Waals surface area contributed by atoms with Crippen molar-refractivity contribution in [3.8, 4) is 0 Å². The second kappa shape index (κ2) is 4.31. The second-order valence-corrected chi connectivity index (χ2v) is 4.10. The highest BCUT2D eigenvalue weighted by molar-refractivity contribution is 9.10. The summed E-state index contributed by atoms with van der Waals surface area (Å²) >= 11 is 3.19. The molecule has 1 aromatic carbocycles. The number of benzene rings is 1. The van der Waals surface area contributed by atoms with Crippen molar-refractivity contribution in [3.63, 3.8) is 0 Å². The first-order valence-electron chi connectivity index (χ1n) is 4.58. The number of hydrogen-bond donors (Lipinski definition) is 1. The van der Waals surface area contributed by atoms with Gasteiger partial charge < -0.3 is 5.11 Å². The standard InChI is InChI=1S/C10H9BrFN3O/c1-15-8(10(11)13-14-15)9(16)6-3-2-4-7(12)5-6/h2-5,9,16H,1H3. The van der Waals surface area contributed by atoms with Crippen LogP contribution in [-0.2, 0) is 7.05 Å². The van der Waals surface area contributed by atoms with E-state index in [0.29, 0.717) is 15.9 Å². The smallest absolute Gasteiger partial charge is 0.154 e. The normalized spacial score (nSPS) is 12.8. The third kappa shape index (κ3) is 1.98. The van der Waals surface area contributed by atoms with Crippen LogP contribution in [0.15, 0.2) is 28.9 Å². The van der Waals surface area contributed by atoms with Gasteiger partial charge in [0.15, 0.2) is 4.60 Å². The van der Waals surface area contributed by atoms with Gasteiger partial charge in [0.25, 0.3) is 0 Å². The first kappa shape index (κ1) is 11.2. The SMILES string of the molecule is Cn1nnc(Br)c1C(O)c1cccc(F)c1. The average Bonchev–Trinajstić information content (AvgIpc) is 2.58. The molecule has 0 saturated heterocycles. The number of aryl methyl sites for hydroxylation is 1. The molecule has 0 amide bonds. The van der Waals surface area contributed by atoms with Gasteiger partial charge >= 0.3 is 0 Å². The molecule has 0 spiro atoms. The minimum Gasteiger partial charge on any atom is -0.382 e. The first-order valence-corrected chi connectivity index (χ1v) is 5.37. The van der Waals surface area contributed by atoms with Crippen LogP contribution in [0.25, 0.3) is 0 Å². The lowest BCUT2D eigenvalue weighted by Crippen LogP contribution is -2.07. The summed E-state index contributed by atoms with van der Waals surface area (Å²) in [6.45, 7) is 0. The van der Waals surface area contributed by atoms with Gasteiger partial charge in [-0.25, -0.2) is 9.07 Å². The van der Waals surface area contributed by atoms with E-state index < -0.39 is 6.10 Å². The third-order valence-corrected chi connectivity index (χ3v) is 2.81. The molecule has 6 heteroatoms. The number of hydrogen-bond acceptors (Lipinski definition) is 3. The summed E-state index contributed by atoms with van der Waals surface area (Å²) in [6, 6.07) is 5.80. The number of aliphatic hydroxyl groups excluding tert-OH is 1. The Morgan fingerprint density at radius 2 is 2.25 bits per heavy atom. The average molecular weight is 286 g/mol. The fourth-order valence-electron chi connectivity index (χ4n) is 1.46. The maximum atomic E-state index is 13.0. The Kier molecular flexibility index (Phi) is 3.02. The molecule has 84 valence electrons. The van der Waals surface area contributed by atoms with Crippen LogP contribution < -0.4 is 0 Å². The third-order valence-electron chi connectivity index (χ3n) is 2.25. The minimum atomic E-state index is -0.954. The monoisotopic (exact) mass is 285 g/mol. The van der Waals surface area contributed by atoms with Crippen molar-refractivity contribution >= 4 is 15.9 Å². The number of aliphatic hydroxyl groups is 1. The molecule has 4 nitrogen and oxygen atoms in total. The topological polar surface area (TPSA) is 50.9 Å². The lowest BCUT2D eigenvalue weighted by molar-refractivity contribution is 0.208. The zero-order valence-corrected chi connectivity index (χ0v) is 10.0. The highest BCUT2D eigenvalue weighted by Gasteiger charge is 2.19. The van der Waals surface area contributed by atoms with E-state index in [0.717, 1.165) is 0 Å². The summed E-state index contributed by atoms with van der Waals surface area (Å²) in [4.78, 5) is 0. The van der Waals surface area contributed by atoms with Gasteiger partial charge in [0.05, 0.1) is 0 Å². The van der Waals surface area contributed by atoms with Gasteiger partial charge in [0.2, 0.25) is 0 Å². The quantitative estimate of drug-likeness (QED) is 0.915. The zero-order valence-electron chi connectivity index (χ0n) is 8.43. The molecule has 0 radical (unpaired) electrons. The minimum absolute atomic E-state index is 0.386. The molecule has 0 aliphatic heterocycles. The number of rotatable bonds is 2. The van der Waals surface area contributed by atoms with Crippen LogP contribution >= 0.6 is 15.9 Å². The van der Waals surface area contributed by atoms with Crippen molar-refractivity contribution in [2.45, 2.75) is 6.10 Å². The molecule has 0 saturated carbocycles. The largest absolute Gasteiger partial charge is 0.382 e. The van der Waals surface area contributed by atoms with Crippen molar-refractivity contribution in [2.75, 3.05) is 0 Å². The highest BCUT2D eigenvalue weighted by atomic mass is 79.9. The molecule has 0 bridgehead atoms. The first-order chi connectivity index (χ1) is 7.59. The van der Waals surface area contributed by atoms with Crippen LogP contribution in [-0.4, -0.2) is 20.1 Å². The van der Waals surface area contributed by atoms with Gasteiger partial charge in [-0.2, -0.15) is 0 Å². The van der Waals surface area contributed by atoms with E-state index in [9.17, 15) is 9.50 Å². The van der Waals surface area contributed by atoms with Gasteiger partial charge in [-0.3, -0.25) is 0 Å². The van der Waals surface area contributed by atoms with E-state index in [2.05, 4.69) is 26.2 Å². The maximum absolute atomic E-state index is 13.0. The van der Waals surface area contributed by atoms with Crippen LogP contribution in [0.4, 0.5) is 4.39 Å². The van der Waals surface area contributed by atoms with Crippen molar-refractivity contribution < 1.29 is 9.50 Å². The summed E-state index contributed by atoms with van der Waals surface area (Å²) in [7, 11) is 1.66. The van der Waals surface area contributed by atoms with Crippen LogP contribution in [0.2, 0.25) is 0 Å². The van der Waals surface area contributed by atoms with E-state index in [1.165, 1.54) is 16.8 Å². The van der Waals surface area contributed by atoms with E-state index in [4.69, 9.17) is 0 Å². The molecular formula is C10H9BrFN3O. The van der Waals surface area contributed by atoms with E-state index in [-0.39, 0.29) is 5.82 Å². The summed E-state index contributed by atoms with van der Waals surface area (Å²) < 4.78 is 14.9. The molecule has 0 fully saturated rings. The predicted octanol–water partition coefficient (Wildman–Crippen LogP) is 1.80. The fourth-order valence-corrected chi connectivity index (χ4v) is 2.01. The molecule has 2 aromatic rings. The fraction of sp³-hybridized carbons (Fsp3) is 0.200. The number of nitrogens with zero attached hydrogens (tertiary/aromatic N) is 3. The molecule has 16 heavy (non-hydrogen) atoms.